The minimum Gasteiger partial charge on any atom is -0.493 e. The molecular weight excluding hydrogens is 815 g/mol. The summed E-state index contributed by atoms with van der Waals surface area (Å²) in [5.74, 6) is -0.423. The number of Topliss-reactive ketones (excluding diaryl/α,β-unsaturated/α-hetero) is 1. The van der Waals surface area contributed by atoms with Gasteiger partial charge < -0.3 is 43.6 Å². The molecule has 324 valence electrons. The summed E-state index contributed by atoms with van der Waals surface area (Å²) in [7, 11) is 0. The lowest BCUT2D eigenvalue weighted by atomic mass is 10.1. The first kappa shape index (κ1) is 41.5. The number of carboxylic acids is 2. The zero-order valence-corrected chi connectivity index (χ0v) is 35.0. The molecule has 0 aliphatic heterocycles. The van der Waals surface area contributed by atoms with Crippen molar-refractivity contribution < 1.29 is 48.3 Å². The Kier molecular flexibility index (Phi) is 11.6. The van der Waals surface area contributed by atoms with E-state index in [1.165, 1.54) is 6.92 Å². The van der Waals surface area contributed by atoms with Gasteiger partial charge in [-0.3, -0.25) is 9.59 Å². The fraction of sp³-hybridized carbons (Fsp3) is 0.216. The van der Waals surface area contributed by atoms with Crippen LogP contribution in [0.5, 0.6) is 23.0 Å². The van der Waals surface area contributed by atoms with Crippen LogP contribution < -0.4 is 24.3 Å². The molecule has 8 aromatic rings. The molecule has 0 saturated carbocycles. The number of carbonyl (C=O) groups excluding carboxylic acids is 2. The van der Waals surface area contributed by atoms with Crippen LogP contribution in [0.4, 0.5) is 5.69 Å². The molecule has 13 nitrogen and oxygen atoms in total. The second kappa shape index (κ2) is 17.9. The van der Waals surface area contributed by atoms with E-state index in [0.29, 0.717) is 96.3 Å². The van der Waals surface area contributed by atoms with E-state index in [1.807, 2.05) is 66.7 Å². The SMILES string of the molecule is CC(=O)Nc1cccc(OCCCOc2ccc3c4ccccc4n(C(C(=O)O)C(C(=O)O)n4c5ccccc5c5ccc(OCCCOc6cccc7c6CCC7=O)cc54)c3c2)c1. The molecular formula is C51H45N3O10. The van der Waals surface area contributed by atoms with Crippen molar-refractivity contribution in [2.24, 2.45) is 0 Å². The monoisotopic (exact) mass is 859 g/mol. The Morgan fingerprint density at radius 3 is 1.61 bits per heavy atom. The molecule has 3 N–H and O–H groups in total. The van der Waals surface area contributed by atoms with Crippen LogP contribution in [0.25, 0.3) is 43.6 Å². The predicted octanol–water partition coefficient (Wildman–Crippen LogP) is 9.64. The molecule has 1 amide bonds. The first-order chi connectivity index (χ1) is 31.2. The summed E-state index contributed by atoms with van der Waals surface area (Å²) >= 11 is 0. The zero-order chi connectivity index (χ0) is 44.3. The van der Waals surface area contributed by atoms with Crippen molar-refractivity contribution >= 4 is 72.9 Å². The van der Waals surface area contributed by atoms with Gasteiger partial charge in [-0.15, -0.1) is 0 Å². The summed E-state index contributed by atoms with van der Waals surface area (Å²) in [6, 6.07) is 35.0. The quantitative estimate of drug-likeness (QED) is 0.0707. The van der Waals surface area contributed by atoms with Crippen LogP contribution in [0, 0.1) is 0 Å². The standard InChI is InChI=1S/C51H45N3O10/c1-31(55)52-32-10-6-11-33(28-32)61-24-8-25-62-34-18-20-38-36-12-2-4-15-42(36)53(44(38)29-34)48(50(57)58)49(51(59)60)54-43-16-5-3-13-37(43)39-21-19-35(30-45(39)54)63-26-9-27-64-47-17-7-14-40-41(47)22-23-46(40)56/h2-7,10-21,28-30,48-49H,8-9,22-27H2,1H3,(H,52,55)(H,57,58)(H,59,60). The number of benzene rings is 6. The molecule has 2 unspecified atom stereocenters. The molecule has 0 bridgehead atoms. The number of hydrogen-bond acceptors (Lipinski definition) is 8. The second-order valence-corrected chi connectivity index (χ2v) is 15.7. The Labute approximate surface area is 367 Å². The second-order valence-electron chi connectivity index (χ2n) is 15.7. The van der Waals surface area contributed by atoms with E-state index >= 15 is 0 Å². The molecule has 64 heavy (non-hydrogen) atoms. The first-order valence-electron chi connectivity index (χ1n) is 21.2. The number of nitrogens with one attached hydrogen (secondary N) is 1. The number of hydrogen-bond donors (Lipinski definition) is 3. The van der Waals surface area contributed by atoms with Gasteiger partial charge in [0, 0.05) is 82.7 Å². The van der Waals surface area contributed by atoms with Gasteiger partial charge in [0.1, 0.15) is 23.0 Å². The van der Waals surface area contributed by atoms with E-state index < -0.39 is 24.0 Å². The van der Waals surface area contributed by atoms with E-state index in [9.17, 15) is 29.4 Å². The van der Waals surface area contributed by atoms with Gasteiger partial charge >= 0.3 is 11.9 Å². The highest BCUT2D eigenvalue weighted by molar-refractivity contribution is 6.11. The highest BCUT2D eigenvalue weighted by Gasteiger charge is 2.40. The summed E-state index contributed by atoms with van der Waals surface area (Å²) in [5.41, 5.74) is 4.42. The summed E-state index contributed by atoms with van der Waals surface area (Å²) in [6.45, 7) is 2.73. The topological polar surface area (TPSA) is 168 Å². The number of aliphatic carboxylic acids is 2. The smallest absolute Gasteiger partial charge is 0.329 e. The van der Waals surface area contributed by atoms with Gasteiger partial charge in [-0.25, -0.2) is 9.59 Å². The van der Waals surface area contributed by atoms with Crippen LogP contribution >= 0.6 is 0 Å². The van der Waals surface area contributed by atoms with E-state index in [2.05, 4.69) is 5.32 Å². The number of rotatable bonds is 18. The Hall–Kier alpha value is -7.80. The lowest BCUT2D eigenvalue weighted by Gasteiger charge is -2.26. The van der Waals surface area contributed by atoms with Crippen molar-refractivity contribution in [2.45, 2.75) is 44.7 Å². The first-order valence-corrected chi connectivity index (χ1v) is 21.2. The Morgan fingerprint density at radius 1 is 0.562 bits per heavy atom. The molecule has 0 spiro atoms. The Bertz CT molecular complexity index is 3090. The number of ether oxygens (including phenoxy) is 4. The molecule has 0 radical (unpaired) electrons. The Balaban J connectivity index is 0.997. The average molecular weight is 860 g/mol. The van der Waals surface area contributed by atoms with Crippen molar-refractivity contribution in [3.8, 4) is 23.0 Å². The van der Waals surface area contributed by atoms with Crippen LogP contribution in [0.15, 0.2) is 127 Å². The number of anilines is 1. The highest BCUT2D eigenvalue weighted by Crippen LogP contribution is 2.42. The lowest BCUT2D eigenvalue weighted by Crippen LogP contribution is -2.34. The molecule has 0 fully saturated rings. The number of fused-ring (bicyclic) bond motifs is 7. The summed E-state index contributed by atoms with van der Waals surface area (Å²) in [5, 5.41) is 28.2. The molecule has 0 saturated heterocycles. The predicted molar refractivity (Wildman–Crippen MR) is 243 cm³/mol. The maximum absolute atomic E-state index is 13.8. The maximum atomic E-state index is 13.8. The molecule has 13 heteroatoms. The number of carbonyl (C=O) groups is 4. The Morgan fingerprint density at radius 2 is 1.06 bits per heavy atom. The van der Waals surface area contributed by atoms with E-state index in [-0.39, 0.29) is 18.3 Å². The van der Waals surface area contributed by atoms with E-state index in [0.717, 1.165) is 32.7 Å². The van der Waals surface area contributed by atoms with Crippen LogP contribution in [0.1, 0.15) is 54.2 Å². The molecule has 2 heterocycles. The molecule has 2 atom stereocenters. The van der Waals surface area contributed by atoms with Crippen LogP contribution in [-0.2, 0) is 20.8 Å². The van der Waals surface area contributed by atoms with Crippen LogP contribution in [0.2, 0.25) is 0 Å². The number of nitrogens with zero attached hydrogens (tertiary/aromatic N) is 2. The van der Waals surface area contributed by atoms with Gasteiger partial charge in [0.25, 0.3) is 0 Å². The number of ketones is 1. The number of aromatic nitrogens is 2. The molecule has 1 aliphatic rings. The maximum Gasteiger partial charge on any atom is 0.329 e. The van der Waals surface area contributed by atoms with E-state index in [4.69, 9.17) is 18.9 Å². The fourth-order valence-corrected chi connectivity index (χ4v) is 8.84. The van der Waals surface area contributed by atoms with Crippen molar-refractivity contribution in [3.05, 3.63) is 139 Å². The molecule has 2 aromatic heterocycles. The number of para-hydroxylation sites is 2. The zero-order valence-electron chi connectivity index (χ0n) is 35.0. The number of carboxylic acid groups (broad SMARTS) is 2. The van der Waals surface area contributed by atoms with Gasteiger partial charge in [0.2, 0.25) is 5.91 Å². The van der Waals surface area contributed by atoms with Crippen molar-refractivity contribution in [3.63, 3.8) is 0 Å². The third kappa shape index (κ3) is 8.15. The summed E-state index contributed by atoms with van der Waals surface area (Å²) in [4.78, 5) is 51.2. The molecule has 9 rings (SSSR count). The van der Waals surface area contributed by atoms with Crippen molar-refractivity contribution in [1.82, 2.24) is 9.13 Å². The van der Waals surface area contributed by atoms with Crippen molar-refractivity contribution in [1.29, 1.82) is 0 Å². The van der Waals surface area contributed by atoms with Gasteiger partial charge in [-0.2, -0.15) is 0 Å². The normalized spacial score (nSPS) is 13.2. The van der Waals surface area contributed by atoms with Gasteiger partial charge in [0.05, 0.1) is 48.5 Å². The molecule has 6 aromatic carbocycles. The molecule has 1 aliphatic carbocycles. The van der Waals surface area contributed by atoms with Gasteiger partial charge in [-0.05, 0) is 61.0 Å². The highest BCUT2D eigenvalue weighted by atomic mass is 16.5. The summed E-state index contributed by atoms with van der Waals surface area (Å²) in [6.07, 6.45) is 2.22. The number of amides is 1. The minimum atomic E-state index is -1.62. The van der Waals surface area contributed by atoms with Crippen molar-refractivity contribution in [2.75, 3.05) is 31.7 Å². The average Bonchev–Trinajstić information content (AvgIpc) is 3.94. The van der Waals surface area contributed by atoms with E-state index in [1.54, 1.807) is 69.8 Å². The largest absolute Gasteiger partial charge is 0.493 e. The van der Waals surface area contributed by atoms with Crippen LogP contribution in [-0.4, -0.2) is 69.4 Å². The third-order valence-electron chi connectivity index (χ3n) is 11.6. The minimum absolute atomic E-state index is 0.130. The van der Waals surface area contributed by atoms with Gasteiger partial charge in [-0.1, -0.05) is 54.6 Å². The van der Waals surface area contributed by atoms with Crippen LogP contribution in [0.3, 0.4) is 0 Å². The summed E-state index contributed by atoms with van der Waals surface area (Å²) < 4.78 is 27.5. The third-order valence-corrected chi connectivity index (χ3v) is 11.6. The lowest BCUT2D eigenvalue weighted by molar-refractivity contribution is -0.151. The van der Waals surface area contributed by atoms with Gasteiger partial charge in [0.15, 0.2) is 17.9 Å². The fourth-order valence-electron chi connectivity index (χ4n) is 8.84.